The maximum Gasteiger partial charge on any atom is 0.117 e. The van der Waals surface area contributed by atoms with Crippen LogP contribution in [0, 0.1) is 0 Å². The van der Waals surface area contributed by atoms with Gasteiger partial charge in [0.05, 0.1) is 5.69 Å². The van der Waals surface area contributed by atoms with E-state index in [2.05, 4.69) is 15.7 Å². The zero-order chi connectivity index (χ0) is 5.82. The zero-order valence-corrected chi connectivity index (χ0v) is 4.54. The molecule has 0 aliphatic carbocycles. The Balaban J connectivity index is 2.83. The van der Waals surface area contributed by atoms with E-state index in [1.54, 1.807) is 6.20 Å². The van der Waals surface area contributed by atoms with Crippen molar-refractivity contribution < 1.29 is 5.73 Å². The maximum atomic E-state index is 3.92. The van der Waals surface area contributed by atoms with E-state index in [-0.39, 0.29) is 0 Å². The van der Waals surface area contributed by atoms with Crippen LogP contribution in [0.15, 0.2) is 18.6 Å². The number of hydrogen-bond donors (Lipinski definition) is 1. The predicted octanol–water partition coefficient (Wildman–Crippen LogP) is -0.782. The molecular weight excluding hydrogens is 102 g/mol. The summed E-state index contributed by atoms with van der Waals surface area (Å²) >= 11 is 0. The molecule has 0 unspecified atom stereocenters. The van der Waals surface area contributed by atoms with Crippen molar-refractivity contribution in [2.24, 2.45) is 0 Å². The van der Waals surface area contributed by atoms with Gasteiger partial charge in [0, 0.05) is 6.20 Å². The summed E-state index contributed by atoms with van der Waals surface area (Å²) in [6.45, 7) is 0.739. The Morgan fingerprint density at radius 3 is 2.88 bits per heavy atom. The van der Waals surface area contributed by atoms with Crippen molar-refractivity contribution in [2.45, 2.75) is 6.54 Å². The Morgan fingerprint density at radius 2 is 2.50 bits per heavy atom. The fourth-order valence-corrected chi connectivity index (χ4v) is 0.466. The van der Waals surface area contributed by atoms with Crippen LogP contribution in [-0.2, 0) is 6.54 Å². The van der Waals surface area contributed by atoms with Gasteiger partial charge in [-0.15, -0.1) is 0 Å². The standard InChI is InChI=1S/C5H7N3/c6-3-5-1-2-7-4-8-5/h1-2,4H,3,6H2/p+1. The molecule has 42 valence electrons. The molecule has 0 bridgehead atoms. The van der Waals surface area contributed by atoms with Crippen molar-refractivity contribution in [3.63, 3.8) is 0 Å². The van der Waals surface area contributed by atoms with Crippen molar-refractivity contribution >= 4 is 0 Å². The summed E-state index contributed by atoms with van der Waals surface area (Å²) in [5.41, 5.74) is 4.65. The van der Waals surface area contributed by atoms with Gasteiger partial charge in [0.1, 0.15) is 12.9 Å². The van der Waals surface area contributed by atoms with E-state index in [4.69, 9.17) is 0 Å². The molecule has 1 aromatic heterocycles. The van der Waals surface area contributed by atoms with Crippen LogP contribution in [-0.4, -0.2) is 9.97 Å². The first-order valence-corrected chi connectivity index (χ1v) is 2.47. The molecule has 1 heterocycles. The number of aromatic nitrogens is 2. The number of quaternary nitrogens is 1. The van der Waals surface area contributed by atoms with Crippen LogP contribution in [0.5, 0.6) is 0 Å². The average Bonchev–Trinajstić information content (AvgIpc) is 1.90. The molecule has 3 N–H and O–H groups in total. The topological polar surface area (TPSA) is 53.4 Å². The molecule has 1 rings (SSSR count). The summed E-state index contributed by atoms with van der Waals surface area (Å²) in [5, 5.41) is 0. The third-order valence-electron chi connectivity index (χ3n) is 0.899. The van der Waals surface area contributed by atoms with Crippen molar-refractivity contribution in [1.82, 2.24) is 9.97 Å². The largest absolute Gasteiger partial charge is 0.353 e. The first-order valence-electron chi connectivity index (χ1n) is 2.47. The highest BCUT2D eigenvalue weighted by molar-refractivity contribution is 4.94. The average molecular weight is 110 g/mol. The van der Waals surface area contributed by atoms with Gasteiger partial charge in [0.15, 0.2) is 0 Å². The smallest absolute Gasteiger partial charge is 0.117 e. The first kappa shape index (κ1) is 5.18. The van der Waals surface area contributed by atoms with Crippen LogP contribution < -0.4 is 5.73 Å². The molecule has 1 aromatic rings. The van der Waals surface area contributed by atoms with E-state index >= 15 is 0 Å². The van der Waals surface area contributed by atoms with Gasteiger partial charge in [-0.1, -0.05) is 0 Å². The Kier molecular flexibility index (Phi) is 1.54. The summed E-state index contributed by atoms with van der Waals surface area (Å²) in [4.78, 5) is 7.68. The van der Waals surface area contributed by atoms with E-state index in [1.807, 2.05) is 6.07 Å². The fraction of sp³-hybridized carbons (Fsp3) is 0.200. The number of rotatable bonds is 1. The second-order valence-corrected chi connectivity index (χ2v) is 1.45. The van der Waals surface area contributed by atoms with E-state index in [0.717, 1.165) is 12.2 Å². The predicted molar refractivity (Wildman–Crippen MR) is 28.6 cm³/mol. The van der Waals surface area contributed by atoms with Crippen LogP contribution in [0.2, 0.25) is 0 Å². The van der Waals surface area contributed by atoms with Gasteiger partial charge >= 0.3 is 0 Å². The van der Waals surface area contributed by atoms with Crippen LogP contribution in [0.25, 0.3) is 0 Å². The Hall–Kier alpha value is -0.960. The monoisotopic (exact) mass is 110 g/mol. The van der Waals surface area contributed by atoms with Gasteiger partial charge in [0.2, 0.25) is 0 Å². The van der Waals surface area contributed by atoms with E-state index in [0.29, 0.717) is 0 Å². The molecular formula is C5H8N3+. The summed E-state index contributed by atoms with van der Waals surface area (Å²) in [5.74, 6) is 0. The van der Waals surface area contributed by atoms with E-state index in [1.165, 1.54) is 6.33 Å². The molecule has 0 fully saturated rings. The molecule has 0 aliphatic heterocycles. The molecule has 0 saturated heterocycles. The maximum absolute atomic E-state index is 3.92. The quantitative estimate of drug-likeness (QED) is 0.515. The van der Waals surface area contributed by atoms with Gasteiger partial charge in [-0.2, -0.15) is 0 Å². The molecule has 3 nitrogen and oxygen atoms in total. The third-order valence-corrected chi connectivity index (χ3v) is 0.899. The van der Waals surface area contributed by atoms with Crippen LogP contribution in [0.1, 0.15) is 5.69 Å². The highest BCUT2D eigenvalue weighted by Crippen LogP contribution is 1.83. The molecule has 8 heavy (non-hydrogen) atoms. The van der Waals surface area contributed by atoms with Gasteiger partial charge in [0.25, 0.3) is 0 Å². The lowest BCUT2D eigenvalue weighted by Crippen LogP contribution is -2.47. The molecule has 0 radical (unpaired) electrons. The Labute approximate surface area is 47.6 Å². The van der Waals surface area contributed by atoms with Gasteiger partial charge in [-0.3, -0.25) is 0 Å². The number of nitrogens with zero attached hydrogens (tertiary/aromatic N) is 2. The summed E-state index contributed by atoms with van der Waals surface area (Å²) < 4.78 is 0. The minimum absolute atomic E-state index is 0.739. The molecule has 0 spiro atoms. The summed E-state index contributed by atoms with van der Waals surface area (Å²) in [6, 6.07) is 1.85. The zero-order valence-electron chi connectivity index (χ0n) is 4.54. The molecule has 0 aromatic carbocycles. The minimum Gasteiger partial charge on any atom is -0.353 e. The van der Waals surface area contributed by atoms with Crippen LogP contribution in [0.4, 0.5) is 0 Å². The highest BCUT2D eigenvalue weighted by Gasteiger charge is 1.85. The number of hydrogen-bond acceptors (Lipinski definition) is 2. The SMILES string of the molecule is [NH3+]Cc1ccncn1. The van der Waals surface area contributed by atoms with Gasteiger partial charge in [-0.25, -0.2) is 9.97 Å². The van der Waals surface area contributed by atoms with Crippen LogP contribution >= 0.6 is 0 Å². The summed E-state index contributed by atoms with van der Waals surface area (Å²) in [6.07, 6.45) is 3.24. The normalized spacial score (nSPS) is 9.12. The highest BCUT2D eigenvalue weighted by atomic mass is 14.8. The van der Waals surface area contributed by atoms with Gasteiger partial charge in [-0.05, 0) is 6.07 Å². The van der Waals surface area contributed by atoms with Crippen LogP contribution in [0.3, 0.4) is 0 Å². The lowest BCUT2D eigenvalue weighted by atomic mass is 10.4. The van der Waals surface area contributed by atoms with E-state index < -0.39 is 0 Å². The molecule has 3 heteroatoms. The fourth-order valence-electron chi connectivity index (χ4n) is 0.466. The first-order chi connectivity index (χ1) is 3.93. The molecule has 0 aliphatic rings. The summed E-state index contributed by atoms with van der Waals surface area (Å²) in [7, 11) is 0. The second-order valence-electron chi connectivity index (χ2n) is 1.45. The lowest BCUT2D eigenvalue weighted by molar-refractivity contribution is -0.387. The minimum atomic E-state index is 0.739. The lowest BCUT2D eigenvalue weighted by Gasteiger charge is -1.86. The Morgan fingerprint density at radius 1 is 1.62 bits per heavy atom. The molecule has 0 atom stereocenters. The molecule has 0 saturated carbocycles. The van der Waals surface area contributed by atoms with Crippen molar-refractivity contribution in [2.75, 3.05) is 0 Å². The van der Waals surface area contributed by atoms with Gasteiger partial charge < -0.3 is 5.73 Å². The van der Waals surface area contributed by atoms with Crippen molar-refractivity contribution in [3.05, 3.63) is 24.3 Å². The molecule has 0 amide bonds. The van der Waals surface area contributed by atoms with Crippen molar-refractivity contribution in [1.29, 1.82) is 0 Å². The van der Waals surface area contributed by atoms with E-state index in [9.17, 15) is 0 Å². The third kappa shape index (κ3) is 1.01. The van der Waals surface area contributed by atoms with Crippen molar-refractivity contribution in [3.8, 4) is 0 Å². The Bertz CT molecular complexity index is 149. The second kappa shape index (κ2) is 2.37.